The third-order valence-corrected chi connectivity index (χ3v) is 5.42. The van der Waals surface area contributed by atoms with Gasteiger partial charge in [0.05, 0.1) is 4.90 Å². The van der Waals surface area contributed by atoms with E-state index in [1.54, 1.807) is 12.1 Å². The maximum Gasteiger partial charge on any atom is 0.280 e. The van der Waals surface area contributed by atoms with Crippen molar-refractivity contribution in [2.24, 2.45) is 16.5 Å². The van der Waals surface area contributed by atoms with Crippen molar-refractivity contribution in [2.75, 3.05) is 6.26 Å². The van der Waals surface area contributed by atoms with E-state index in [9.17, 15) is 13.2 Å². The predicted octanol–water partition coefficient (Wildman–Crippen LogP) is 2.75. The van der Waals surface area contributed by atoms with Crippen LogP contribution >= 0.6 is 0 Å². The highest BCUT2D eigenvalue weighted by molar-refractivity contribution is 7.90. The summed E-state index contributed by atoms with van der Waals surface area (Å²) in [5.41, 5.74) is 12.2. The molecule has 0 aliphatic heterocycles. The van der Waals surface area contributed by atoms with Crippen LogP contribution in [0.1, 0.15) is 73.9 Å². The highest BCUT2D eigenvalue weighted by atomic mass is 32.2. The molecule has 1 aromatic carbocycles. The SMILES string of the molecule is CCCc1c(C(=O)N=C(N)N)ccc(C(CC)CCC)c1S(C)(=O)=O. The summed E-state index contributed by atoms with van der Waals surface area (Å²) in [6, 6.07) is 3.40. The van der Waals surface area contributed by atoms with Crippen molar-refractivity contribution in [3.8, 4) is 0 Å². The molecule has 0 spiro atoms. The van der Waals surface area contributed by atoms with E-state index in [1.165, 1.54) is 6.26 Å². The molecule has 0 heterocycles. The van der Waals surface area contributed by atoms with Crippen LogP contribution in [0.5, 0.6) is 0 Å². The van der Waals surface area contributed by atoms with Crippen LogP contribution in [-0.2, 0) is 16.3 Å². The number of hydrogen-bond donors (Lipinski definition) is 2. The Hall–Kier alpha value is -1.89. The summed E-state index contributed by atoms with van der Waals surface area (Å²) < 4.78 is 25.1. The summed E-state index contributed by atoms with van der Waals surface area (Å²) in [4.78, 5) is 16.2. The number of carbonyl (C=O) groups excluding carboxylic acids is 1. The molecular formula is C18H29N3O3S. The Morgan fingerprint density at radius 2 is 1.80 bits per heavy atom. The number of aliphatic imine (C=N–C) groups is 1. The van der Waals surface area contributed by atoms with Gasteiger partial charge in [0.1, 0.15) is 0 Å². The van der Waals surface area contributed by atoms with Crippen LogP contribution in [0.4, 0.5) is 0 Å². The van der Waals surface area contributed by atoms with Crippen molar-refractivity contribution in [1.82, 2.24) is 0 Å². The van der Waals surface area contributed by atoms with Gasteiger partial charge in [-0.15, -0.1) is 0 Å². The summed E-state index contributed by atoms with van der Waals surface area (Å²) in [5.74, 6) is -0.809. The molecule has 1 atom stereocenters. The van der Waals surface area contributed by atoms with Crippen LogP contribution in [0.2, 0.25) is 0 Å². The number of rotatable bonds is 8. The number of carbonyl (C=O) groups is 1. The Morgan fingerprint density at radius 3 is 2.24 bits per heavy atom. The van der Waals surface area contributed by atoms with Crippen molar-refractivity contribution in [3.05, 3.63) is 28.8 Å². The first-order valence-corrected chi connectivity index (χ1v) is 10.6. The van der Waals surface area contributed by atoms with Gasteiger partial charge in [-0.2, -0.15) is 4.99 Å². The topological polar surface area (TPSA) is 116 Å². The molecule has 1 amide bonds. The third kappa shape index (κ3) is 5.29. The molecule has 7 heteroatoms. The number of hydrogen-bond acceptors (Lipinski definition) is 3. The second-order valence-electron chi connectivity index (χ2n) is 6.27. The molecule has 1 rings (SSSR count). The number of sulfone groups is 1. The van der Waals surface area contributed by atoms with Crippen molar-refractivity contribution < 1.29 is 13.2 Å². The number of benzene rings is 1. The summed E-state index contributed by atoms with van der Waals surface area (Å²) in [6.07, 6.45) is 5.06. The van der Waals surface area contributed by atoms with Gasteiger partial charge in [-0.05, 0) is 42.4 Å². The fraction of sp³-hybridized carbons (Fsp3) is 0.556. The van der Waals surface area contributed by atoms with Gasteiger partial charge in [0.15, 0.2) is 15.8 Å². The van der Waals surface area contributed by atoms with Crippen LogP contribution in [-0.4, -0.2) is 26.5 Å². The van der Waals surface area contributed by atoms with Crippen molar-refractivity contribution in [2.45, 2.75) is 63.7 Å². The van der Waals surface area contributed by atoms with Crippen molar-refractivity contribution in [1.29, 1.82) is 0 Å². The molecule has 4 N–H and O–H groups in total. The third-order valence-electron chi connectivity index (χ3n) is 4.19. The van der Waals surface area contributed by atoms with E-state index in [4.69, 9.17) is 11.5 Å². The van der Waals surface area contributed by atoms with Crippen LogP contribution in [0, 0.1) is 0 Å². The van der Waals surface area contributed by atoms with E-state index in [0.717, 1.165) is 24.8 Å². The molecule has 1 unspecified atom stereocenters. The Kier molecular flexibility index (Phi) is 7.60. The van der Waals surface area contributed by atoms with Crippen molar-refractivity contribution >= 4 is 21.7 Å². The number of amides is 1. The van der Waals surface area contributed by atoms with Crippen LogP contribution < -0.4 is 11.5 Å². The monoisotopic (exact) mass is 367 g/mol. The molecule has 0 bridgehead atoms. The number of guanidine groups is 1. The zero-order valence-electron chi connectivity index (χ0n) is 15.5. The highest BCUT2D eigenvalue weighted by Gasteiger charge is 2.26. The second kappa shape index (κ2) is 8.99. The lowest BCUT2D eigenvalue weighted by molar-refractivity contribution is 0.100. The van der Waals surface area contributed by atoms with Crippen LogP contribution in [0.25, 0.3) is 0 Å². The molecule has 25 heavy (non-hydrogen) atoms. The molecule has 0 radical (unpaired) electrons. The number of nitrogens with two attached hydrogens (primary N) is 2. The summed E-state index contributed by atoms with van der Waals surface area (Å²) in [5, 5.41) is 0. The zero-order chi connectivity index (χ0) is 19.2. The van der Waals surface area contributed by atoms with Gasteiger partial charge in [0.2, 0.25) is 0 Å². The zero-order valence-corrected chi connectivity index (χ0v) is 16.3. The highest BCUT2D eigenvalue weighted by Crippen LogP contribution is 2.35. The molecule has 1 aromatic rings. The molecule has 0 aliphatic carbocycles. The minimum atomic E-state index is -3.51. The summed E-state index contributed by atoms with van der Waals surface area (Å²) >= 11 is 0. The van der Waals surface area contributed by atoms with Gasteiger partial charge in [-0.25, -0.2) is 8.42 Å². The Balaban J connectivity index is 3.77. The Labute approximate surface area is 150 Å². The fourth-order valence-electron chi connectivity index (χ4n) is 3.21. The molecular weight excluding hydrogens is 338 g/mol. The molecule has 6 nitrogen and oxygen atoms in total. The van der Waals surface area contributed by atoms with Gasteiger partial charge in [0, 0.05) is 11.8 Å². The Morgan fingerprint density at radius 1 is 1.16 bits per heavy atom. The lowest BCUT2D eigenvalue weighted by atomic mass is 9.88. The Bertz CT molecular complexity index is 751. The van der Waals surface area contributed by atoms with Crippen LogP contribution in [0.15, 0.2) is 22.0 Å². The molecule has 0 aromatic heterocycles. The maximum absolute atomic E-state index is 12.6. The molecule has 0 fully saturated rings. The van der Waals surface area contributed by atoms with E-state index in [1.807, 2.05) is 13.8 Å². The minimum absolute atomic E-state index is 0.137. The standard InChI is InChI=1S/C18H29N3O3S/c1-5-8-12(7-3)13-10-11-15(17(22)21-18(19)20)14(9-6-2)16(13)25(4,23)24/h10-12H,5-9H2,1-4H3,(H4,19,20,21,22). The van der Waals surface area contributed by atoms with E-state index in [0.29, 0.717) is 18.4 Å². The van der Waals surface area contributed by atoms with Gasteiger partial charge in [-0.1, -0.05) is 39.7 Å². The minimum Gasteiger partial charge on any atom is -0.370 e. The molecule has 0 saturated heterocycles. The first-order valence-electron chi connectivity index (χ1n) is 8.67. The normalized spacial score (nSPS) is 12.6. The van der Waals surface area contributed by atoms with Gasteiger partial charge >= 0.3 is 0 Å². The van der Waals surface area contributed by atoms with E-state index < -0.39 is 15.7 Å². The first-order chi connectivity index (χ1) is 11.7. The maximum atomic E-state index is 12.6. The van der Waals surface area contributed by atoms with Crippen molar-refractivity contribution in [3.63, 3.8) is 0 Å². The van der Waals surface area contributed by atoms with Gasteiger partial charge < -0.3 is 11.5 Å². The summed E-state index contributed by atoms with van der Waals surface area (Å²) in [7, 11) is -3.51. The number of nitrogens with zero attached hydrogens (tertiary/aromatic N) is 1. The average Bonchev–Trinajstić information content (AvgIpc) is 2.50. The first kappa shape index (κ1) is 21.2. The fourth-order valence-corrected chi connectivity index (χ4v) is 4.53. The second-order valence-corrected chi connectivity index (χ2v) is 8.22. The predicted molar refractivity (Wildman–Crippen MR) is 102 cm³/mol. The molecule has 0 aliphatic rings. The largest absolute Gasteiger partial charge is 0.370 e. The van der Waals surface area contributed by atoms with Crippen LogP contribution in [0.3, 0.4) is 0 Å². The quantitative estimate of drug-likeness (QED) is 0.541. The van der Waals surface area contributed by atoms with E-state index in [-0.39, 0.29) is 22.3 Å². The van der Waals surface area contributed by atoms with Gasteiger partial charge in [0.25, 0.3) is 5.91 Å². The smallest absolute Gasteiger partial charge is 0.280 e. The lowest BCUT2D eigenvalue weighted by Crippen LogP contribution is -2.24. The molecule has 140 valence electrons. The lowest BCUT2D eigenvalue weighted by Gasteiger charge is -2.22. The summed E-state index contributed by atoms with van der Waals surface area (Å²) in [6.45, 7) is 6.06. The van der Waals surface area contributed by atoms with E-state index >= 15 is 0 Å². The molecule has 0 saturated carbocycles. The van der Waals surface area contributed by atoms with Gasteiger partial charge in [-0.3, -0.25) is 4.79 Å². The van der Waals surface area contributed by atoms with E-state index in [2.05, 4.69) is 11.9 Å². The average molecular weight is 368 g/mol.